The van der Waals surface area contributed by atoms with Crippen LogP contribution in [0.1, 0.15) is 11.6 Å². The topological polar surface area (TPSA) is 39.3 Å². The molecule has 4 nitrogen and oxygen atoms in total. The van der Waals surface area contributed by atoms with Gasteiger partial charge in [0.25, 0.3) is 0 Å². The molecule has 82 valence electrons. The summed E-state index contributed by atoms with van der Waals surface area (Å²) in [5.74, 6) is 0.708. The molecule has 1 unspecified atom stereocenters. The molecule has 2 amide bonds. The first kappa shape index (κ1) is 10.4. The lowest BCUT2D eigenvalue weighted by Crippen LogP contribution is -2.30. The van der Waals surface area contributed by atoms with Crippen LogP contribution in [0.5, 0.6) is 0 Å². The van der Waals surface area contributed by atoms with Crippen LogP contribution in [0.25, 0.3) is 0 Å². The highest BCUT2D eigenvalue weighted by atomic mass is 32.1. The first-order valence-electron chi connectivity index (χ1n) is 4.99. The van der Waals surface area contributed by atoms with E-state index in [1.54, 1.807) is 4.90 Å². The fourth-order valence-corrected chi connectivity index (χ4v) is 2.19. The molecule has 1 aliphatic heterocycles. The fourth-order valence-electron chi connectivity index (χ4n) is 1.95. The van der Waals surface area contributed by atoms with Gasteiger partial charge < -0.3 is 14.8 Å². The van der Waals surface area contributed by atoms with Gasteiger partial charge in [-0.25, -0.2) is 4.79 Å². The zero-order valence-electron chi connectivity index (χ0n) is 8.68. The number of carbonyl (C=O) groups excluding carboxylic acids is 1. The Balaban J connectivity index is 2.13. The predicted octanol–water partition coefficient (Wildman–Crippen LogP) is 1.35. The van der Waals surface area contributed by atoms with Gasteiger partial charge in [0.05, 0.1) is 6.04 Å². The van der Waals surface area contributed by atoms with Crippen molar-refractivity contribution in [3.63, 3.8) is 0 Å². The molecule has 1 aromatic heterocycles. The third-order valence-corrected chi connectivity index (χ3v) is 3.01. The minimum atomic E-state index is 0.0928. The van der Waals surface area contributed by atoms with Crippen molar-refractivity contribution in [1.82, 2.24) is 14.8 Å². The number of amides is 2. The van der Waals surface area contributed by atoms with Gasteiger partial charge in [-0.1, -0.05) is 0 Å². The van der Waals surface area contributed by atoms with E-state index in [4.69, 9.17) is 0 Å². The van der Waals surface area contributed by atoms with Crippen LogP contribution < -0.4 is 0 Å². The van der Waals surface area contributed by atoms with Crippen molar-refractivity contribution in [1.29, 1.82) is 0 Å². The fraction of sp³-hybridized carbons (Fsp3) is 0.500. The summed E-state index contributed by atoms with van der Waals surface area (Å²) in [5, 5.41) is 0. The SMILES string of the molecule is CN1C(=O)N(CCS)CC1c1cc[nH]c1. The Labute approximate surface area is 94.7 Å². The van der Waals surface area contributed by atoms with Gasteiger partial charge in [-0.15, -0.1) is 0 Å². The summed E-state index contributed by atoms with van der Waals surface area (Å²) >= 11 is 4.15. The second kappa shape index (κ2) is 4.18. The van der Waals surface area contributed by atoms with Crippen molar-refractivity contribution in [3.8, 4) is 0 Å². The first-order chi connectivity index (χ1) is 7.24. The molecule has 0 aliphatic carbocycles. The van der Waals surface area contributed by atoms with Crippen LogP contribution in [0.15, 0.2) is 18.5 Å². The molecule has 1 aliphatic rings. The lowest BCUT2D eigenvalue weighted by molar-refractivity contribution is 0.197. The van der Waals surface area contributed by atoms with Crippen molar-refractivity contribution in [3.05, 3.63) is 24.0 Å². The minimum absolute atomic E-state index is 0.0928. The number of urea groups is 1. The zero-order valence-corrected chi connectivity index (χ0v) is 9.58. The molecule has 1 fully saturated rings. The Morgan fingerprint density at radius 3 is 3.07 bits per heavy atom. The molecule has 5 heteroatoms. The molecule has 15 heavy (non-hydrogen) atoms. The maximum atomic E-state index is 11.8. The average molecular weight is 225 g/mol. The zero-order chi connectivity index (χ0) is 10.8. The van der Waals surface area contributed by atoms with Gasteiger partial charge >= 0.3 is 6.03 Å². The quantitative estimate of drug-likeness (QED) is 0.749. The molecule has 1 N–H and O–H groups in total. The Morgan fingerprint density at radius 2 is 2.47 bits per heavy atom. The third-order valence-electron chi connectivity index (χ3n) is 2.81. The number of aromatic amines is 1. The molecule has 1 atom stereocenters. The number of nitrogens with one attached hydrogen (secondary N) is 1. The third kappa shape index (κ3) is 1.84. The van der Waals surface area contributed by atoms with Crippen LogP contribution >= 0.6 is 12.6 Å². The molecule has 2 rings (SSSR count). The summed E-state index contributed by atoms with van der Waals surface area (Å²) < 4.78 is 0. The molecule has 0 bridgehead atoms. The number of H-pyrrole nitrogens is 1. The van der Waals surface area contributed by atoms with Crippen LogP contribution in [0.3, 0.4) is 0 Å². The Kier molecular flexibility index (Phi) is 2.90. The molecule has 2 heterocycles. The number of carbonyl (C=O) groups is 1. The van der Waals surface area contributed by atoms with Crippen LogP contribution in [0.4, 0.5) is 4.79 Å². The van der Waals surface area contributed by atoms with Gasteiger partial charge in [0.1, 0.15) is 0 Å². The highest BCUT2D eigenvalue weighted by Gasteiger charge is 2.34. The summed E-state index contributed by atoms with van der Waals surface area (Å²) in [4.78, 5) is 18.4. The summed E-state index contributed by atoms with van der Waals surface area (Å²) in [5.41, 5.74) is 1.16. The number of rotatable bonds is 3. The Bertz CT molecular complexity index is 338. The summed E-state index contributed by atoms with van der Waals surface area (Å²) in [6.07, 6.45) is 3.83. The van der Waals surface area contributed by atoms with E-state index < -0.39 is 0 Å². The van der Waals surface area contributed by atoms with Crippen molar-refractivity contribution >= 4 is 18.7 Å². The number of hydrogen-bond donors (Lipinski definition) is 2. The van der Waals surface area contributed by atoms with E-state index in [-0.39, 0.29) is 12.1 Å². The summed E-state index contributed by atoms with van der Waals surface area (Å²) in [6.45, 7) is 1.47. The second-order valence-electron chi connectivity index (χ2n) is 3.72. The largest absolute Gasteiger partial charge is 0.367 e. The Morgan fingerprint density at radius 1 is 1.67 bits per heavy atom. The monoisotopic (exact) mass is 225 g/mol. The van der Waals surface area contributed by atoms with E-state index in [0.717, 1.165) is 12.1 Å². The molecule has 1 aromatic rings. The number of hydrogen-bond acceptors (Lipinski definition) is 2. The van der Waals surface area contributed by atoms with Crippen molar-refractivity contribution < 1.29 is 4.79 Å². The maximum absolute atomic E-state index is 11.8. The molecular weight excluding hydrogens is 210 g/mol. The normalized spacial score (nSPS) is 21.5. The maximum Gasteiger partial charge on any atom is 0.320 e. The summed E-state index contributed by atoms with van der Waals surface area (Å²) in [7, 11) is 1.85. The molecular formula is C10H15N3OS. The van der Waals surface area contributed by atoms with Gasteiger partial charge in [0.2, 0.25) is 0 Å². The minimum Gasteiger partial charge on any atom is -0.367 e. The van der Waals surface area contributed by atoms with E-state index in [0.29, 0.717) is 12.3 Å². The molecule has 0 spiro atoms. The number of thiol groups is 1. The molecule has 1 saturated heterocycles. The second-order valence-corrected chi connectivity index (χ2v) is 4.17. The van der Waals surface area contributed by atoms with Crippen LogP contribution in [-0.2, 0) is 0 Å². The number of aromatic nitrogens is 1. The highest BCUT2D eigenvalue weighted by Crippen LogP contribution is 2.27. The van der Waals surface area contributed by atoms with E-state index in [9.17, 15) is 4.79 Å². The van der Waals surface area contributed by atoms with E-state index in [2.05, 4.69) is 17.6 Å². The van der Waals surface area contributed by atoms with Crippen molar-refractivity contribution in [2.75, 3.05) is 25.9 Å². The van der Waals surface area contributed by atoms with E-state index in [1.165, 1.54) is 0 Å². The summed E-state index contributed by atoms with van der Waals surface area (Å²) in [6, 6.07) is 2.28. The van der Waals surface area contributed by atoms with E-state index >= 15 is 0 Å². The van der Waals surface area contributed by atoms with Gasteiger partial charge in [-0.05, 0) is 11.6 Å². The predicted molar refractivity (Wildman–Crippen MR) is 62.1 cm³/mol. The van der Waals surface area contributed by atoms with Crippen molar-refractivity contribution in [2.24, 2.45) is 0 Å². The van der Waals surface area contributed by atoms with Crippen LogP contribution in [0, 0.1) is 0 Å². The highest BCUT2D eigenvalue weighted by molar-refractivity contribution is 7.80. The molecule has 0 aromatic carbocycles. The van der Waals surface area contributed by atoms with Gasteiger partial charge in [-0.2, -0.15) is 12.6 Å². The van der Waals surface area contributed by atoms with Crippen LogP contribution in [0.2, 0.25) is 0 Å². The van der Waals surface area contributed by atoms with Gasteiger partial charge in [0.15, 0.2) is 0 Å². The number of likely N-dealkylation sites (N-methyl/N-ethyl adjacent to an activating group) is 1. The van der Waals surface area contributed by atoms with Crippen LogP contribution in [-0.4, -0.2) is 46.7 Å². The smallest absolute Gasteiger partial charge is 0.320 e. The van der Waals surface area contributed by atoms with Crippen molar-refractivity contribution in [2.45, 2.75) is 6.04 Å². The lowest BCUT2D eigenvalue weighted by Gasteiger charge is -2.16. The molecule has 0 saturated carbocycles. The lowest BCUT2D eigenvalue weighted by atomic mass is 10.1. The standard InChI is InChI=1S/C10H15N3OS/c1-12-9(8-2-3-11-6-8)7-13(4-5-15)10(12)14/h2-3,6,9,11,15H,4-5,7H2,1H3. The van der Waals surface area contributed by atoms with Gasteiger partial charge in [0, 0.05) is 38.3 Å². The van der Waals surface area contributed by atoms with Gasteiger partial charge in [-0.3, -0.25) is 0 Å². The Hall–Kier alpha value is -1.10. The van der Waals surface area contributed by atoms with E-state index in [1.807, 2.05) is 30.4 Å². The average Bonchev–Trinajstić information content (AvgIpc) is 2.82. The number of nitrogens with zero attached hydrogens (tertiary/aromatic N) is 2. The molecule has 0 radical (unpaired) electrons. The first-order valence-corrected chi connectivity index (χ1v) is 5.62.